The van der Waals surface area contributed by atoms with Crippen molar-refractivity contribution in [3.8, 4) is 0 Å². The number of hydrogen-bond donors (Lipinski definition) is 3. The summed E-state index contributed by atoms with van der Waals surface area (Å²) in [6.45, 7) is 6.52. The van der Waals surface area contributed by atoms with Crippen LogP contribution in [-0.4, -0.2) is 36.2 Å². The van der Waals surface area contributed by atoms with E-state index < -0.39 is 11.5 Å². The Hall–Kier alpha value is -0.610. The van der Waals surface area contributed by atoms with Crippen LogP contribution in [0.15, 0.2) is 0 Å². The lowest BCUT2D eigenvalue weighted by atomic mass is 9.88. The van der Waals surface area contributed by atoms with E-state index in [1.54, 1.807) is 0 Å². The zero-order chi connectivity index (χ0) is 10.6. The Balaban J connectivity index is 2.56. The van der Waals surface area contributed by atoms with Gasteiger partial charge in [-0.1, -0.05) is 13.8 Å². The van der Waals surface area contributed by atoms with Crippen molar-refractivity contribution in [1.29, 1.82) is 0 Å². The molecule has 1 saturated heterocycles. The second kappa shape index (κ2) is 4.75. The third-order valence-corrected chi connectivity index (χ3v) is 2.72. The second-order valence-electron chi connectivity index (χ2n) is 4.41. The van der Waals surface area contributed by atoms with Crippen LogP contribution >= 0.6 is 0 Å². The molecule has 0 radical (unpaired) electrons. The Labute approximate surface area is 85.1 Å². The molecule has 0 spiro atoms. The summed E-state index contributed by atoms with van der Waals surface area (Å²) in [5, 5.41) is 15.6. The van der Waals surface area contributed by atoms with Gasteiger partial charge >= 0.3 is 5.97 Å². The van der Waals surface area contributed by atoms with Crippen molar-refractivity contribution in [1.82, 2.24) is 10.6 Å². The Kier molecular flexibility index (Phi) is 3.89. The summed E-state index contributed by atoms with van der Waals surface area (Å²) < 4.78 is 0. The van der Waals surface area contributed by atoms with Crippen LogP contribution in [0.3, 0.4) is 0 Å². The molecule has 3 N–H and O–H groups in total. The molecule has 82 valence electrons. The van der Waals surface area contributed by atoms with Gasteiger partial charge in [-0.3, -0.25) is 4.79 Å². The average molecular weight is 200 g/mol. The molecule has 0 unspecified atom stereocenters. The van der Waals surface area contributed by atoms with E-state index in [4.69, 9.17) is 0 Å². The first kappa shape index (κ1) is 11.5. The summed E-state index contributed by atoms with van der Waals surface area (Å²) in [5.74, 6) is -0.222. The van der Waals surface area contributed by atoms with Crippen molar-refractivity contribution in [2.24, 2.45) is 5.92 Å². The zero-order valence-electron chi connectivity index (χ0n) is 8.97. The van der Waals surface area contributed by atoms with Crippen molar-refractivity contribution >= 4 is 5.97 Å². The van der Waals surface area contributed by atoms with Crippen LogP contribution in [0.25, 0.3) is 0 Å². The van der Waals surface area contributed by atoms with Gasteiger partial charge in [0.2, 0.25) is 0 Å². The molecule has 0 aromatic carbocycles. The molecule has 1 fully saturated rings. The van der Waals surface area contributed by atoms with E-state index in [0.29, 0.717) is 18.8 Å². The van der Waals surface area contributed by atoms with Crippen LogP contribution in [-0.2, 0) is 4.79 Å². The minimum atomic E-state index is -0.709. The van der Waals surface area contributed by atoms with Crippen molar-refractivity contribution in [3.63, 3.8) is 0 Å². The van der Waals surface area contributed by atoms with Crippen molar-refractivity contribution in [2.75, 3.05) is 19.6 Å². The first-order valence-electron chi connectivity index (χ1n) is 5.26. The van der Waals surface area contributed by atoms with E-state index in [9.17, 15) is 9.90 Å². The standard InChI is InChI=1S/C10H20N2O2/c1-8(2)7-12-10(9(13)14)3-5-11-6-4-10/h8,11-12H,3-7H2,1-2H3,(H,13,14). The molecule has 1 rings (SSSR count). The molecule has 0 aliphatic carbocycles. The van der Waals surface area contributed by atoms with Crippen LogP contribution in [0.1, 0.15) is 26.7 Å². The highest BCUT2D eigenvalue weighted by atomic mass is 16.4. The number of piperidine rings is 1. The van der Waals surface area contributed by atoms with Crippen molar-refractivity contribution in [3.05, 3.63) is 0 Å². The smallest absolute Gasteiger partial charge is 0.323 e. The lowest BCUT2D eigenvalue weighted by Crippen LogP contribution is -2.58. The summed E-state index contributed by atoms with van der Waals surface area (Å²) in [4.78, 5) is 11.2. The quantitative estimate of drug-likeness (QED) is 0.616. The number of nitrogens with one attached hydrogen (secondary N) is 2. The third-order valence-electron chi connectivity index (χ3n) is 2.72. The molecule has 1 aliphatic heterocycles. The minimum absolute atomic E-state index is 0.487. The van der Waals surface area contributed by atoms with E-state index in [1.807, 2.05) is 0 Å². The van der Waals surface area contributed by atoms with E-state index >= 15 is 0 Å². The highest BCUT2D eigenvalue weighted by Crippen LogP contribution is 2.18. The first-order valence-corrected chi connectivity index (χ1v) is 5.26. The van der Waals surface area contributed by atoms with Gasteiger partial charge in [0.15, 0.2) is 0 Å². The predicted molar refractivity (Wildman–Crippen MR) is 55.3 cm³/mol. The van der Waals surface area contributed by atoms with Gasteiger partial charge in [0.05, 0.1) is 0 Å². The molecule has 0 saturated carbocycles. The van der Waals surface area contributed by atoms with Crippen LogP contribution < -0.4 is 10.6 Å². The predicted octanol–water partition coefficient (Wildman–Crippen LogP) is 0.439. The van der Waals surface area contributed by atoms with E-state index in [1.165, 1.54) is 0 Å². The van der Waals surface area contributed by atoms with Crippen LogP contribution in [0.2, 0.25) is 0 Å². The largest absolute Gasteiger partial charge is 0.480 e. The van der Waals surface area contributed by atoms with Crippen LogP contribution in [0.4, 0.5) is 0 Å². The topological polar surface area (TPSA) is 61.4 Å². The number of hydrogen-bond acceptors (Lipinski definition) is 3. The van der Waals surface area contributed by atoms with E-state index in [0.717, 1.165) is 19.6 Å². The highest BCUT2D eigenvalue weighted by Gasteiger charge is 2.38. The Morgan fingerprint density at radius 3 is 2.50 bits per heavy atom. The van der Waals surface area contributed by atoms with E-state index in [-0.39, 0.29) is 0 Å². The van der Waals surface area contributed by atoms with Gasteiger partial charge in [-0.25, -0.2) is 0 Å². The summed E-state index contributed by atoms with van der Waals surface area (Å²) in [6.07, 6.45) is 1.35. The van der Waals surface area contributed by atoms with Gasteiger partial charge in [0, 0.05) is 0 Å². The fourth-order valence-electron chi connectivity index (χ4n) is 1.72. The lowest BCUT2D eigenvalue weighted by Gasteiger charge is -2.35. The highest BCUT2D eigenvalue weighted by molar-refractivity contribution is 5.79. The fraction of sp³-hybridized carbons (Fsp3) is 0.900. The number of carboxylic acids is 1. The molecule has 1 aliphatic rings. The molecule has 1 heterocycles. The molecule has 0 aromatic heterocycles. The van der Waals surface area contributed by atoms with Gasteiger partial charge in [0.25, 0.3) is 0 Å². The summed E-state index contributed by atoms with van der Waals surface area (Å²) >= 11 is 0. The Bertz CT molecular complexity index is 198. The summed E-state index contributed by atoms with van der Waals surface area (Å²) in [5.41, 5.74) is -0.685. The fourth-order valence-corrected chi connectivity index (χ4v) is 1.72. The maximum absolute atomic E-state index is 11.2. The maximum atomic E-state index is 11.2. The third kappa shape index (κ3) is 2.69. The molecule has 0 amide bonds. The van der Waals surface area contributed by atoms with Gasteiger partial charge in [-0.15, -0.1) is 0 Å². The van der Waals surface area contributed by atoms with Crippen molar-refractivity contribution in [2.45, 2.75) is 32.2 Å². The molecule has 4 heteroatoms. The molecule has 0 aromatic rings. The molecule has 14 heavy (non-hydrogen) atoms. The SMILES string of the molecule is CC(C)CNC1(C(=O)O)CCNCC1. The number of aliphatic carboxylic acids is 1. The monoisotopic (exact) mass is 200 g/mol. The van der Waals surface area contributed by atoms with E-state index in [2.05, 4.69) is 24.5 Å². The van der Waals surface area contributed by atoms with Gasteiger partial charge in [0.1, 0.15) is 5.54 Å². The van der Waals surface area contributed by atoms with Gasteiger partial charge < -0.3 is 15.7 Å². The van der Waals surface area contributed by atoms with Crippen molar-refractivity contribution < 1.29 is 9.90 Å². The summed E-state index contributed by atoms with van der Waals surface area (Å²) in [7, 11) is 0. The minimum Gasteiger partial charge on any atom is -0.480 e. The lowest BCUT2D eigenvalue weighted by molar-refractivity contribution is -0.146. The van der Waals surface area contributed by atoms with Gasteiger partial charge in [-0.2, -0.15) is 0 Å². The maximum Gasteiger partial charge on any atom is 0.323 e. The zero-order valence-corrected chi connectivity index (χ0v) is 8.97. The average Bonchev–Trinajstić information content (AvgIpc) is 2.16. The van der Waals surface area contributed by atoms with Crippen LogP contribution in [0, 0.1) is 5.92 Å². The molecular formula is C10H20N2O2. The number of carboxylic acid groups (broad SMARTS) is 1. The normalized spacial score (nSPS) is 21.1. The number of carbonyl (C=O) groups is 1. The Morgan fingerprint density at radius 1 is 1.50 bits per heavy atom. The summed E-state index contributed by atoms with van der Waals surface area (Å²) in [6, 6.07) is 0. The number of rotatable bonds is 4. The van der Waals surface area contributed by atoms with Crippen LogP contribution in [0.5, 0.6) is 0 Å². The second-order valence-corrected chi connectivity index (χ2v) is 4.41. The molecule has 0 atom stereocenters. The molecule has 0 bridgehead atoms. The Morgan fingerprint density at radius 2 is 2.07 bits per heavy atom. The molecular weight excluding hydrogens is 180 g/mol. The molecule has 4 nitrogen and oxygen atoms in total. The van der Waals surface area contributed by atoms with Gasteiger partial charge in [-0.05, 0) is 38.4 Å². The first-order chi connectivity index (χ1) is 6.57.